The normalized spacial score (nSPS) is 20.0. The lowest BCUT2D eigenvalue weighted by atomic mass is 9.99. The summed E-state index contributed by atoms with van der Waals surface area (Å²) in [4.78, 5) is 25.4. The zero-order valence-electron chi connectivity index (χ0n) is 39.8. The van der Waals surface area contributed by atoms with Crippen LogP contribution in [0.25, 0.3) is 0 Å². The highest BCUT2D eigenvalue weighted by Gasteiger charge is 2.44. The van der Waals surface area contributed by atoms with Crippen molar-refractivity contribution in [2.75, 3.05) is 19.8 Å². The molecule has 364 valence electrons. The number of aliphatic hydroxyl groups excluding tert-OH is 4. The molecule has 10 heteroatoms. The SMILES string of the molecule is CCCCCCCC/C=C/CCCCCCCCCC(=O)OC[C@H](CO[C@@H]1O[C@H](CO)[C@H](O)C(O)C1O)OC(=O)CCC/C=C/C/C=C/C/C=C/C/C=C/CCCCCCCCC. The van der Waals surface area contributed by atoms with Gasteiger partial charge in [0.1, 0.15) is 31.0 Å². The van der Waals surface area contributed by atoms with Crippen molar-refractivity contribution < 1.29 is 49.0 Å². The van der Waals surface area contributed by atoms with Crippen LogP contribution < -0.4 is 0 Å². The zero-order valence-corrected chi connectivity index (χ0v) is 39.8. The molecular formula is C53H92O10. The van der Waals surface area contributed by atoms with Gasteiger partial charge in [-0.2, -0.15) is 0 Å². The summed E-state index contributed by atoms with van der Waals surface area (Å²) in [7, 11) is 0. The van der Waals surface area contributed by atoms with Crippen LogP contribution in [-0.4, -0.2) is 89.0 Å². The maximum atomic E-state index is 12.8. The second-order valence-electron chi connectivity index (χ2n) is 17.3. The molecule has 0 aromatic carbocycles. The summed E-state index contributed by atoms with van der Waals surface area (Å²) in [5.74, 6) is -0.876. The van der Waals surface area contributed by atoms with E-state index in [9.17, 15) is 30.0 Å². The van der Waals surface area contributed by atoms with Gasteiger partial charge in [-0.1, -0.05) is 177 Å². The topological polar surface area (TPSA) is 152 Å². The van der Waals surface area contributed by atoms with Gasteiger partial charge in [-0.3, -0.25) is 9.59 Å². The number of allylic oxidation sites excluding steroid dienone is 10. The van der Waals surface area contributed by atoms with Crippen LogP contribution in [0, 0.1) is 0 Å². The third-order valence-corrected chi connectivity index (χ3v) is 11.4. The number of rotatable bonds is 42. The molecule has 0 bridgehead atoms. The van der Waals surface area contributed by atoms with E-state index in [-0.39, 0.29) is 26.1 Å². The van der Waals surface area contributed by atoms with Crippen LogP contribution in [0.1, 0.15) is 206 Å². The molecule has 0 aromatic heterocycles. The molecule has 1 aliphatic heterocycles. The van der Waals surface area contributed by atoms with E-state index in [0.29, 0.717) is 19.3 Å². The third kappa shape index (κ3) is 34.4. The molecule has 6 atom stereocenters. The predicted molar refractivity (Wildman–Crippen MR) is 256 cm³/mol. The monoisotopic (exact) mass is 889 g/mol. The van der Waals surface area contributed by atoms with Gasteiger partial charge in [0, 0.05) is 12.8 Å². The highest BCUT2D eigenvalue weighted by Crippen LogP contribution is 2.22. The van der Waals surface area contributed by atoms with Crippen LogP contribution in [0.2, 0.25) is 0 Å². The summed E-state index contributed by atoms with van der Waals surface area (Å²) >= 11 is 0. The number of hydrogen-bond donors (Lipinski definition) is 4. The van der Waals surface area contributed by atoms with Gasteiger partial charge in [-0.15, -0.1) is 0 Å². The van der Waals surface area contributed by atoms with Crippen LogP contribution in [0.3, 0.4) is 0 Å². The molecule has 1 rings (SSSR count). The summed E-state index contributed by atoms with van der Waals surface area (Å²) in [6, 6.07) is 0. The van der Waals surface area contributed by atoms with Crippen LogP contribution in [0.5, 0.6) is 0 Å². The largest absolute Gasteiger partial charge is 0.462 e. The van der Waals surface area contributed by atoms with Gasteiger partial charge in [0.05, 0.1) is 13.2 Å². The van der Waals surface area contributed by atoms with Crippen molar-refractivity contribution in [1.82, 2.24) is 0 Å². The van der Waals surface area contributed by atoms with E-state index in [2.05, 4.69) is 68.5 Å². The molecule has 0 saturated carbocycles. The number of carbonyl (C=O) groups is 2. The van der Waals surface area contributed by atoms with Crippen molar-refractivity contribution in [1.29, 1.82) is 0 Å². The Bertz CT molecular complexity index is 1210. The minimum absolute atomic E-state index is 0.152. The summed E-state index contributed by atoms with van der Waals surface area (Å²) in [6.07, 6.45) is 46.6. The lowest BCUT2D eigenvalue weighted by Crippen LogP contribution is -2.59. The van der Waals surface area contributed by atoms with Gasteiger partial charge in [0.15, 0.2) is 12.4 Å². The highest BCUT2D eigenvalue weighted by molar-refractivity contribution is 5.70. The molecule has 63 heavy (non-hydrogen) atoms. The number of aliphatic hydroxyl groups is 4. The van der Waals surface area contributed by atoms with E-state index in [1.807, 2.05) is 6.08 Å². The van der Waals surface area contributed by atoms with Crippen LogP contribution >= 0.6 is 0 Å². The summed E-state index contributed by atoms with van der Waals surface area (Å²) in [5, 5.41) is 40.2. The van der Waals surface area contributed by atoms with Crippen molar-refractivity contribution in [3.63, 3.8) is 0 Å². The Kier molecular flexibility index (Phi) is 40.2. The van der Waals surface area contributed by atoms with E-state index in [4.69, 9.17) is 18.9 Å². The van der Waals surface area contributed by atoms with Crippen molar-refractivity contribution in [3.8, 4) is 0 Å². The van der Waals surface area contributed by atoms with E-state index < -0.39 is 55.4 Å². The molecule has 1 heterocycles. The smallest absolute Gasteiger partial charge is 0.306 e. The molecule has 10 nitrogen and oxygen atoms in total. The van der Waals surface area contributed by atoms with Crippen LogP contribution in [-0.2, 0) is 28.5 Å². The van der Waals surface area contributed by atoms with Crippen molar-refractivity contribution in [2.45, 2.75) is 243 Å². The van der Waals surface area contributed by atoms with Crippen molar-refractivity contribution >= 4 is 11.9 Å². The Balaban J connectivity index is 2.33. The summed E-state index contributed by atoms with van der Waals surface area (Å²) in [5.41, 5.74) is 0. The Hall–Kier alpha value is -2.60. The van der Waals surface area contributed by atoms with E-state index in [0.717, 1.165) is 44.9 Å². The average Bonchev–Trinajstić information content (AvgIpc) is 3.28. The molecule has 4 N–H and O–H groups in total. The zero-order chi connectivity index (χ0) is 45.9. The number of esters is 2. The van der Waals surface area contributed by atoms with Gasteiger partial charge in [0.2, 0.25) is 0 Å². The van der Waals surface area contributed by atoms with Gasteiger partial charge in [-0.05, 0) is 77.0 Å². The van der Waals surface area contributed by atoms with E-state index in [1.165, 1.54) is 116 Å². The number of hydrogen-bond acceptors (Lipinski definition) is 10. The van der Waals surface area contributed by atoms with Crippen molar-refractivity contribution in [3.05, 3.63) is 60.8 Å². The molecular weight excluding hydrogens is 797 g/mol. The maximum absolute atomic E-state index is 12.8. The van der Waals surface area contributed by atoms with Gasteiger partial charge in [-0.25, -0.2) is 0 Å². The average molecular weight is 889 g/mol. The highest BCUT2D eigenvalue weighted by atomic mass is 16.7. The number of carbonyl (C=O) groups excluding carboxylic acids is 2. The molecule has 0 amide bonds. The minimum Gasteiger partial charge on any atom is -0.462 e. The second kappa shape index (κ2) is 43.3. The first-order valence-corrected chi connectivity index (χ1v) is 25.4. The predicted octanol–water partition coefficient (Wildman–Crippen LogP) is 11.8. The fourth-order valence-electron chi connectivity index (χ4n) is 7.35. The molecule has 1 fully saturated rings. The fraction of sp³-hybridized carbons (Fsp3) is 0.774. The summed E-state index contributed by atoms with van der Waals surface area (Å²) < 4.78 is 22.2. The maximum Gasteiger partial charge on any atom is 0.306 e. The fourth-order valence-corrected chi connectivity index (χ4v) is 7.35. The lowest BCUT2D eigenvalue weighted by Gasteiger charge is -2.39. The number of ether oxygens (including phenoxy) is 4. The standard InChI is InChI=1S/C53H92O10/c1-3-5-7-9-11-13-15-17-19-21-22-23-24-26-28-30-32-34-36-38-40-42-49(56)62-46(45-61-53-52(59)51(58)50(57)47(43-54)63-53)44-60-48(55)41-39-37-35-33-31-29-27-25-20-18-16-14-12-10-8-6-4-2/h18-21,23-24,28,30,34,36,46-47,50-54,57-59H,3-17,22,25-27,29,31-33,35,37-45H2,1-2H3/b20-18+,21-19+,24-23+,30-28+,36-34+/t46-,47-,50+,51?,52?,53-/m1/s1. The lowest BCUT2D eigenvalue weighted by molar-refractivity contribution is -0.305. The van der Waals surface area contributed by atoms with Gasteiger partial charge >= 0.3 is 11.9 Å². The Morgan fingerprint density at radius 1 is 0.492 bits per heavy atom. The van der Waals surface area contributed by atoms with Crippen LogP contribution in [0.4, 0.5) is 0 Å². The van der Waals surface area contributed by atoms with E-state index in [1.54, 1.807) is 0 Å². The molecule has 0 spiro atoms. The Labute approximate surface area is 383 Å². The molecule has 1 saturated heterocycles. The summed E-state index contributed by atoms with van der Waals surface area (Å²) in [6.45, 7) is 3.37. The van der Waals surface area contributed by atoms with Crippen LogP contribution in [0.15, 0.2) is 60.8 Å². The minimum atomic E-state index is -1.61. The second-order valence-corrected chi connectivity index (χ2v) is 17.3. The third-order valence-electron chi connectivity index (χ3n) is 11.4. The first kappa shape index (κ1) is 58.4. The molecule has 0 aliphatic carbocycles. The Morgan fingerprint density at radius 2 is 0.905 bits per heavy atom. The van der Waals surface area contributed by atoms with E-state index >= 15 is 0 Å². The first-order valence-electron chi connectivity index (χ1n) is 25.4. The Morgan fingerprint density at radius 3 is 1.40 bits per heavy atom. The first-order chi connectivity index (χ1) is 30.8. The molecule has 1 aliphatic rings. The quantitative estimate of drug-likeness (QED) is 0.0265. The van der Waals surface area contributed by atoms with Crippen molar-refractivity contribution in [2.24, 2.45) is 0 Å². The van der Waals surface area contributed by atoms with Gasteiger partial charge in [0.25, 0.3) is 0 Å². The van der Waals surface area contributed by atoms with Gasteiger partial charge < -0.3 is 39.4 Å². The number of unbranched alkanes of at least 4 members (excludes halogenated alkanes) is 21. The molecule has 0 radical (unpaired) electrons. The molecule has 0 aromatic rings. The molecule has 2 unspecified atom stereocenters.